The molecule has 1 aliphatic heterocycles. The van der Waals surface area contributed by atoms with E-state index in [0.717, 1.165) is 38.2 Å². The average Bonchev–Trinajstić information content (AvgIpc) is 3.54. The fraction of sp³-hybridized carbons (Fsp3) is 0.235. The third kappa shape index (κ3) is 7.28. The molecule has 3 N–H and O–H groups in total. The fourth-order valence-corrected chi connectivity index (χ4v) is 7.00. The Hall–Kier alpha value is -4.42. The molecule has 0 spiro atoms. The number of anilines is 3. The number of hydrogen-bond acceptors (Lipinski definition) is 9. The Morgan fingerprint density at radius 3 is 2.28 bits per heavy atom. The number of nitrogens with zero attached hydrogens (tertiary/aromatic N) is 3. The third-order valence-corrected chi connectivity index (χ3v) is 9.72. The Balaban J connectivity index is 1.09. The van der Waals surface area contributed by atoms with Gasteiger partial charge in [-0.15, -0.1) is 11.3 Å². The van der Waals surface area contributed by atoms with Crippen LogP contribution in [-0.4, -0.2) is 60.0 Å². The van der Waals surface area contributed by atoms with Crippen LogP contribution in [0.4, 0.5) is 17.2 Å². The zero-order chi connectivity index (χ0) is 32.9. The van der Waals surface area contributed by atoms with E-state index in [2.05, 4.69) is 55.1 Å². The number of likely N-dealkylation sites (tertiary alicyclic amines) is 1. The van der Waals surface area contributed by atoms with Gasteiger partial charge in [-0.3, -0.25) is 14.5 Å². The predicted molar refractivity (Wildman–Crippen MR) is 187 cm³/mol. The number of halogens is 2. The minimum Gasteiger partial charge on any atom is -0.495 e. The molecule has 47 heavy (non-hydrogen) atoms. The van der Waals surface area contributed by atoms with Gasteiger partial charge in [0.15, 0.2) is 5.82 Å². The molecule has 0 bridgehead atoms. The van der Waals surface area contributed by atoms with E-state index in [4.69, 9.17) is 32.7 Å². The summed E-state index contributed by atoms with van der Waals surface area (Å²) in [4.78, 5) is 37.6. The lowest BCUT2D eigenvalue weighted by molar-refractivity contribution is 0.0908. The van der Waals surface area contributed by atoms with Crippen LogP contribution in [0.25, 0.3) is 10.2 Å². The Morgan fingerprint density at radius 1 is 0.936 bits per heavy atom. The van der Waals surface area contributed by atoms with Crippen LogP contribution in [0.2, 0.25) is 10.0 Å². The molecule has 1 fully saturated rings. The summed E-state index contributed by atoms with van der Waals surface area (Å²) in [5.41, 5.74) is 3.56. The second-order valence-corrected chi connectivity index (χ2v) is 12.6. The molecule has 10 nitrogen and oxygen atoms in total. The van der Waals surface area contributed by atoms with E-state index in [1.165, 1.54) is 37.4 Å². The van der Waals surface area contributed by atoms with Crippen LogP contribution in [0.3, 0.4) is 0 Å². The van der Waals surface area contributed by atoms with Gasteiger partial charge in [-0.25, -0.2) is 9.97 Å². The molecule has 2 amide bonds. The summed E-state index contributed by atoms with van der Waals surface area (Å²) in [6.07, 6.45) is 3.21. The van der Waals surface area contributed by atoms with Crippen molar-refractivity contribution < 1.29 is 19.1 Å². The van der Waals surface area contributed by atoms with Crippen molar-refractivity contribution in [1.29, 1.82) is 0 Å². The maximum Gasteiger partial charge on any atom is 0.258 e. The van der Waals surface area contributed by atoms with Gasteiger partial charge in [0.05, 0.1) is 35.7 Å². The quantitative estimate of drug-likeness (QED) is 0.139. The van der Waals surface area contributed by atoms with Gasteiger partial charge >= 0.3 is 0 Å². The Bertz CT molecular complexity index is 1870. The van der Waals surface area contributed by atoms with Crippen molar-refractivity contribution in [2.75, 3.05) is 37.9 Å². The van der Waals surface area contributed by atoms with Crippen LogP contribution in [0.5, 0.6) is 11.5 Å². The molecule has 6 rings (SSSR count). The van der Waals surface area contributed by atoms with E-state index in [-0.39, 0.29) is 27.7 Å². The van der Waals surface area contributed by atoms with E-state index >= 15 is 0 Å². The molecule has 1 saturated heterocycles. The number of rotatable bonds is 10. The Labute approximate surface area is 286 Å². The zero-order valence-electron chi connectivity index (χ0n) is 25.7. The molecule has 3 heterocycles. The number of methoxy groups -OCH3 is 2. The monoisotopic (exact) mass is 690 g/mol. The molecule has 0 radical (unpaired) electrons. The van der Waals surface area contributed by atoms with Crippen LogP contribution in [0.1, 0.15) is 39.1 Å². The van der Waals surface area contributed by atoms with E-state index in [9.17, 15) is 9.59 Å². The van der Waals surface area contributed by atoms with Crippen LogP contribution < -0.4 is 25.4 Å². The van der Waals surface area contributed by atoms with Crippen molar-refractivity contribution in [1.82, 2.24) is 20.2 Å². The first-order chi connectivity index (χ1) is 22.8. The zero-order valence-corrected chi connectivity index (χ0v) is 28.0. The number of benzene rings is 3. The summed E-state index contributed by atoms with van der Waals surface area (Å²) in [6.45, 7) is 2.82. The normalized spacial score (nSPS) is 13.7. The largest absolute Gasteiger partial charge is 0.495 e. The highest BCUT2D eigenvalue weighted by molar-refractivity contribution is 7.18. The summed E-state index contributed by atoms with van der Waals surface area (Å²) in [5, 5.41) is 11.2. The van der Waals surface area contributed by atoms with Gasteiger partial charge in [-0.1, -0.05) is 53.5 Å². The van der Waals surface area contributed by atoms with Crippen LogP contribution in [0.15, 0.2) is 72.4 Å². The van der Waals surface area contributed by atoms with Gasteiger partial charge in [-0.05, 0) is 42.7 Å². The first-order valence-corrected chi connectivity index (χ1v) is 16.6. The molecule has 5 aromatic rings. The first-order valence-electron chi connectivity index (χ1n) is 14.9. The number of hydrogen-bond donors (Lipinski definition) is 3. The SMILES string of the molecule is COc1cc(OC)c(Cl)c(NC(=O)c2csc3c(Nc4ccc(C(=O)NC5CCN(Cc6ccccc6)CC5)cc4)ncnc23)c1Cl. The van der Waals surface area contributed by atoms with Crippen molar-refractivity contribution in [2.24, 2.45) is 0 Å². The van der Waals surface area contributed by atoms with Crippen molar-refractivity contribution >= 4 is 73.8 Å². The van der Waals surface area contributed by atoms with Gasteiger partial charge in [0.1, 0.15) is 27.9 Å². The predicted octanol–water partition coefficient (Wildman–Crippen LogP) is 7.41. The molecule has 0 saturated carbocycles. The molecular formula is C34H32Cl2N6O4S. The highest BCUT2D eigenvalue weighted by Gasteiger charge is 2.24. The van der Waals surface area contributed by atoms with Gasteiger partial charge in [-0.2, -0.15) is 0 Å². The minimum absolute atomic E-state index is 0.0924. The fourth-order valence-electron chi connectivity index (χ4n) is 5.46. The maximum atomic E-state index is 13.4. The number of fused-ring (bicyclic) bond motifs is 1. The number of carbonyl (C=O) groups excluding carboxylic acids is 2. The number of aromatic nitrogens is 2. The smallest absolute Gasteiger partial charge is 0.258 e. The number of nitrogens with one attached hydrogen (secondary N) is 3. The third-order valence-electron chi connectivity index (χ3n) is 7.99. The van der Waals surface area contributed by atoms with Crippen molar-refractivity contribution in [3.05, 3.63) is 99.1 Å². The lowest BCUT2D eigenvalue weighted by Crippen LogP contribution is -2.44. The van der Waals surface area contributed by atoms with Crippen LogP contribution in [0, 0.1) is 0 Å². The van der Waals surface area contributed by atoms with Crippen molar-refractivity contribution in [3.8, 4) is 11.5 Å². The number of ether oxygens (including phenoxy) is 2. The van der Waals surface area contributed by atoms with E-state index < -0.39 is 5.91 Å². The topological polar surface area (TPSA) is 118 Å². The van der Waals surface area contributed by atoms with Crippen LogP contribution in [-0.2, 0) is 6.54 Å². The summed E-state index contributed by atoms with van der Waals surface area (Å²) >= 11 is 14.2. The summed E-state index contributed by atoms with van der Waals surface area (Å²) in [6, 6.07) is 19.3. The first kappa shape index (κ1) is 32.5. The summed E-state index contributed by atoms with van der Waals surface area (Å²) in [5.74, 6) is 0.575. The maximum absolute atomic E-state index is 13.4. The van der Waals surface area contributed by atoms with Gasteiger partial charge < -0.3 is 25.4 Å². The highest BCUT2D eigenvalue weighted by Crippen LogP contribution is 2.44. The molecule has 0 atom stereocenters. The van der Waals surface area contributed by atoms with Crippen molar-refractivity contribution in [3.63, 3.8) is 0 Å². The number of thiophene rings is 1. The van der Waals surface area contributed by atoms with Gasteiger partial charge in [0.2, 0.25) is 0 Å². The summed E-state index contributed by atoms with van der Waals surface area (Å²) in [7, 11) is 2.91. The summed E-state index contributed by atoms with van der Waals surface area (Å²) < 4.78 is 11.3. The lowest BCUT2D eigenvalue weighted by atomic mass is 10.0. The molecule has 0 unspecified atom stereocenters. The number of carbonyl (C=O) groups is 2. The molecule has 13 heteroatoms. The average molecular weight is 692 g/mol. The van der Waals surface area contributed by atoms with E-state index in [1.54, 1.807) is 23.6 Å². The second kappa shape index (κ2) is 14.6. The molecule has 2 aromatic heterocycles. The molecule has 3 aromatic carbocycles. The number of piperidine rings is 1. The lowest BCUT2D eigenvalue weighted by Gasteiger charge is -2.32. The van der Waals surface area contributed by atoms with Crippen LogP contribution >= 0.6 is 34.5 Å². The highest BCUT2D eigenvalue weighted by atomic mass is 35.5. The minimum atomic E-state index is -0.461. The van der Waals surface area contributed by atoms with Crippen molar-refractivity contribution in [2.45, 2.75) is 25.4 Å². The van der Waals surface area contributed by atoms with Gasteiger partial charge in [0, 0.05) is 48.4 Å². The number of amides is 2. The van der Waals surface area contributed by atoms with Gasteiger partial charge in [0.25, 0.3) is 11.8 Å². The molecule has 1 aliphatic rings. The van der Waals surface area contributed by atoms with E-state index in [1.807, 2.05) is 18.2 Å². The molecule has 0 aliphatic carbocycles. The molecular weight excluding hydrogens is 659 g/mol. The standard InChI is InChI=1S/C34H32Cl2N6O4S/c1-45-25-16-26(46-2)28(36)30(27(25)35)41-34(44)24-18-47-31-29(24)37-19-38-32(31)39-22-10-8-21(9-11-22)33(43)40-23-12-14-42(15-13-23)17-20-6-4-3-5-7-20/h3-11,16,18-19,23H,12-15,17H2,1-2H3,(H,40,43)(H,41,44)(H,37,38,39). The molecule has 242 valence electrons. The second-order valence-electron chi connectivity index (χ2n) is 11.0. The Kier molecular flexibility index (Phi) is 10.1. The Morgan fingerprint density at radius 2 is 1.62 bits per heavy atom. The van der Waals surface area contributed by atoms with E-state index in [0.29, 0.717) is 38.7 Å².